The monoisotopic (exact) mass is 416 g/mol. The van der Waals surface area contributed by atoms with Gasteiger partial charge in [-0.3, -0.25) is 9.48 Å². The Morgan fingerprint density at radius 3 is 2.63 bits per heavy atom. The molecule has 0 bridgehead atoms. The van der Waals surface area contributed by atoms with E-state index in [1.165, 1.54) is 30.1 Å². The van der Waals surface area contributed by atoms with Crippen LogP contribution < -0.4 is 15.8 Å². The van der Waals surface area contributed by atoms with Gasteiger partial charge in [0.2, 0.25) is 0 Å². The normalized spacial score (nSPS) is 10.7. The molecule has 0 aliphatic carbocycles. The fourth-order valence-corrected chi connectivity index (χ4v) is 2.37. The maximum Gasteiger partial charge on any atom is 0.333 e. The number of nitrogens with zero attached hydrogens (tertiary/aromatic N) is 2. The van der Waals surface area contributed by atoms with Gasteiger partial charge < -0.3 is 20.5 Å². The number of carbonyl (C=O) groups excluding carboxylic acids is 2. The predicted octanol–water partition coefficient (Wildman–Crippen LogP) is 3.10. The van der Waals surface area contributed by atoms with Crippen LogP contribution in [0.5, 0.6) is 5.75 Å². The fourth-order valence-electron chi connectivity index (χ4n) is 2.21. The van der Waals surface area contributed by atoms with Crippen LogP contribution in [-0.4, -0.2) is 35.4 Å². The number of ether oxygens (including phenoxy) is 2. The van der Waals surface area contributed by atoms with Crippen LogP contribution in [0.2, 0.25) is 5.02 Å². The lowest BCUT2D eigenvalue weighted by molar-refractivity contribution is -0.152. The summed E-state index contributed by atoms with van der Waals surface area (Å²) < 4.78 is 11.6. The molecule has 148 valence electrons. The van der Waals surface area contributed by atoms with Crippen LogP contribution in [0, 0.1) is 0 Å². The van der Waals surface area contributed by atoms with Crippen LogP contribution in [0.1, 0.15) is 31.1 Å². The number of nitrogens with two attached hydrogens (primary N) is 1. The van der Waals surface area contributed by atoms with Crippen molar-refractivity contribution in [1.29, 1.82) is 0 Å². The standard InChI is InChI=1S/C17H21ClN4O4.ClH/c1-5-26-16(24)17(2,3)22-9-10(8-20-22)21-15(23)11-6-12(18)13(19)7-14(11)25-4;/h6-9H,5,19H2,1-4H3,(H,21,23);1H. The molecule has 0 aliphatic heterocycles. The molecule has 0 aliphatic rings. The minimum absolute atomic E-state index is 0. The van der Waals surface area contributed by atoms with Crippen LogP contribution >= 0.6 is 24.0 Å². The number of hydrogen-bond donors (Lipinski definition) is 2. The van der Waals surface area contributed by atoms with E-state index in [1.807, 2.05) is 0 Å². The van der Waals surface area contributed by atoms with Gasteiger partial charge >= 0.3 is 5.97 Å². The van der Waals surface area contributed by atoms with E-state index in [1.54, 1.807) is 27.0 Å². The smallest absolute Gasteiger partial charge is 0.333 e. The number of amides is 1. The van der Waals surface area contributed by atoms with E-state index in [-0.39, 0.29) is 29.6 Å². The minimum atomic E-state index is -1.01. The molecular formula is C17H22Cl2N4O4. The molecule has 1 amide bonds. The van der Waals surface area contributed by atoms with Crippen molar-refractivity contribution in [3.63, 3.8) is 0 Å². The molecule has 0 saturated heterocycles. The van der Waals surface area contributed by atoms with Crippen molar-refractivity contribution in [1.82, 2.24) is 9.78 Å². The SMILES string of the molecule is CCOC(=O)C(C)(C)n1cc(NC(=O)c2cc(Cl)c(N)cc2OC)cn1.Cl. The first-order valence-corrected chi connectivity index (χ1v) is 8.25. The molecule has 2 rings (SSSR count). The lowest BCUT2D eigenvalue weighted by Crippen LogP contribution is -2.37. The Hall–Kier alpha value is -2.45. The molecule has 1 aromatic carbocycles. The Bertz CT molecular complexity index is 836. The quantitative estimate of drug-likeness (QED) is 0.552. The molecule has 10 heteroatoms. The van der Waals surface area contributed by atoms with Crippen molar-refractivity contribution >= 4 is 47.3 Å². The number of carbonyl (C=O) groups is 2. The number of benzene rings is 1. The van der Waals surface area contributed by atoms with Gasteiger partial charge in [0.15, 0.2) is 5.54 Å². The summed E-state index contributed by atoms with van der Waals surface area (Å²) in [5.41, 5.74) is 5.65. The van der Waals surface area contributed by atoms with Crippen molar-refractivity contribution < 1.29 is 19.1 Å². The molecule has 0 atom stereocenters. The highest BCUT2D eigenvalue weighted by Gasteiger charge is 2.32. The summed E-state index contributed by atoms with van der Waals surface area (Å²) in [4.78, 5) is 24.6. The maximum atomic E-state index is 12.5. The summed E-state index contributed by atoms with van der Waals surface area (Å²) in [5.74, 6) is -0.575. The van der Waals surface area contributed by atoms with Gasteiger partial charge in [0.25, 0.3) is 5.91 Å². The third-order valence-corrected chi connectivity index (χ3v) is 4.08. The van der Waals surface area contributed by atoms with E-state index in [4.69, 9.17) is 26.8 Å². The van der Waals surface area contributed by atoms with Crippen LogP contribution in [0.15, 0.2) is 24.5 Å². The summed E-state index contributed by atoms with van der Waals surface area (Å²) >= 11 is 5.99. The minimum Gasteiger partial charge on any atom is -0.496 e. The van der Waals surface area contributed by atoms with E-state index in [0.717, 1.165) is 0 Å². The number of nitrogen functional groups attached to an aromatic ring is 1. The molecule has 0 fully saturated rings. The molecule has 0 spiro atoms. The van der Waals surface area contributed by atoms with E-state index < -0.39 is 17.4 Å². The number of anilines is 2. The Kier molecular flexibility index (Phi) is 7.50. The number of aromatic nitrogens is 2. The summed E-state index contributed by atoms with van der Waals surface area (Å²) in [6.45, 7) is 5.34. The van der Waals surface area contributed by atoms with E-state index >= 15 is 0 Å². The number of methoxy groups -OCH3 is 1. The average molecular weight is 417 g/mol. The number of halogens is 2. The summed E-state index contributed by atoms with van der Waals surface area (Å²) in [6, 6.07) is 2.91. The Labute approximate surface area is 168 Å². The number of esters is 1. The first-order chi connectivity index (χ1) is 12.2. The number of rotatable bonds is 6. The second-order valence-corrected chi connectivity index (χ2v) is 6.39. The second-order valence-electron chi connectivity index (χ2n) is 5.98. The number of nitrogens with one attached hydrogen (secondary N) is 1. The highest BCUT2D eigenvalue weighted by atomic mass is 35.5. The van der Waals surface area contributed by atoms with Gasteiger partial charge in [-0.1, -0.05) is 11.6 Å². The van der Waals surface area contributed by atoms with Crippen molar-refractivity contribution in [3.8, 4) is 5.75 Å². The van der Waals surface area contributed by atoms with Gasteiger partial charge in [-0.25, -0.2) is 4.79 Å². The van der Waals surface area contributed by atoms with Gasteiger partial charge in [0, 0.05) is 12.3 Å². The van der Waals surface area contributed by atoms with Gasteiger partial charge in [-0.2, -0.15) is 5.10 Å². The molecule has 8 nitrogen and oxygen atoms in total. The summed E-state index contributed by atoms with van der Waals surface area (Å²) in [7, 11) is 1.43. The fraction of sp³-hybridized carbons (Fsp3) is 0.353. The van der Waals surface area contributed by atoms with Crippen LogP contribution in [0.3, 0.4) is 0 Å². The molecule has 27 heavy (non-hydrogen) atoms. The third-order valence-electron chi connectivity index (χ3n) is 3.75. The van der Waals surface area contributed by atoms with Crippen LogP contribution in [0.25, 0.3) is 0 Å². The van der Waals surface area contributed by atoms with Crippen LogP contribution in [-0.2, 0) is 15.1 Å². The van der Waals surface area contributed by atoms with Gasteiger partial charge in [-0.15, -0.1) is 12.4 Å². The molecule has 1 heterocycles. The molecule has 1 aromatic heterocycles. The van der Waals surface area contributed by atoms with Crippen LogP contribution in [0.4, 0.5) is 11.4 Å². The largest absolute Gasteiger partial charge is 0.496 e. The molecule has 0 unspecified atom stereocenters. The lowest BCUT2D eigenvalue weighted by atomic mass is 10.1. The van der Waals surface area contributed by atoms with Gasteiger partial charge in [-0.05, 0) is 26.8 Å². The summed E-state index contributed by atoms with van der Waals surface area (Å²) in [6.07, 6.45) is 2.98. The van der Waals surface area contributed by atoms with Crippen molar-refractivity contribution in [2.24, 2.45) is 0 Å². The van der Waals surface area contributed by atoms with Crippen molar-refractivity contribution in [3.05, 3.63) is 35.1 Å². The molecule has 3 N–H and O–H groups in total. The van der Waals surface area contributed by atoms with Crippen molar-refractivity contribution in [2.75, 3.05) is 24.8 Å². The second kappa shape index (κ2) is 8.96. The zero-order valence-electron chi connectivity index (χ0n) is 15.4. The Morgan fingerprint density at radius 1 is 1.37 bits per heavy atom. The zero-order chi connectivity index (χ0) is 19.5. The van der Waals surface area contributed by atoms with Crippen molar-refractivity contribution in [2.45, 2.75) is 26.3 Å². The topological polar surface area (TPSA) is 108 Å². The van der Waals surface area contributed by atoms with Gasteiger partial charge in [0.05, 0.1) is 41.9 Å². The first kappa shape index (κ1) is 22.6. The van der Waals surface area contributed by atoms with Gasteiger partial charge in [0.1, 0.15) is 5.75 Å². The van der Waals surface area contributed by atoms with E-state index in [9.17, 15) is 9.59 Å². The Morgan fingerprint density at radius 2 is 2.04 bits per heavy atom. The maximum absolute atomic E-state index is 12.5. The zero-order valence-corrected chi connectivity index (χ0v) is 17.0. The first-order valence-electron chi connectivity index (χ1n) is 7.87. The predicted molar refractivity (Wildman–Crippen MR) is 106 cm³/mol. The molecular weight excluding hydrogens is 395 g/mol. The lowest BCUT2D eigenvalue weighted by Gasteiger charge is -2.22. The highest BCUT2D eigenvalue weighted by Crippen LogP contribution is 2.29. The van der Waals surface area contributed by atoms with E-state index in [0.29, 0.717) is 17.1 Å². The highest BCUT2D eigenvalue weighted by molar-refractivity contribution is 6.33. The summed E-state index contributed by atoms with van der Waals surface area (Å²) in [5, 5.41) is 7.07. The molecule has 2 aromatic rings. The number of hydrogen-bond acceptors (Lipinski definition) is 6. The Balaban J connectivity index is 0.00000364. The van der Waals surface area contributed by atoms with E-state index in [2.05, 4.69) is 10.4 Å². The molecule has 0 saturated carbocycles. The average Bonchev–Trinajstić information content (AvgIpc) is 3.06. The third kappa shape index (κ3) is 4.84. The molecule has 0 radical (unpaired) electrons.